The molecule has 0 aromatic heterocycles. The Balaban J connectivity index is 1.74. The lowest BCUT2D eigenvalue weighted by Gasteiger charge is -2.32. The molecule has 0 radical (unpaired) electrons. The molecule has 0 bridgehead atoms. The van der Waals surface area contributed by atoms with E-state index in [1.807, 2.05) is 39.0 Å². The molecule has 2 amide bonds. The van der Waals surface area contributed by atoms with Crippen LogP contribution in [0.4, 0.5) is 11.4 Å². The summed E-state index contributed by atoms with van der Waals surface area (Å²) in [6.45, 7) is 6.06. The molecule has 2 aliphatic heterocycles. The predicted molar refractivity (Wildman–Crippen MR) is 128 cm³/mol. The summed E-state index contributed by atoms with van der Waals surface area (Å²) in [5.41, 5.74) is 5.19. The van der Waals surface area contributed by atoms with Gasteiger partial charge in [-0.05, 0) is 50.1 Å². The molecule has 168 valence electrons. The Bertz CT molecular complexity index is 1410. The molecule has 5 rings (SSSR count). The van der Waals surface area contributed by atoms with E-state index in [-0.39, 0.29) is 6.54 Å². The van der Waals surface area contributed by atoms with Crippen molar-refractivity contribution in [2.75, 3.05) is 15.6 Å². The Hall–Kier alpha value is -3.45. The Morgan fingerprint density at radius 1 is 0.879 bits per heavy atom. The van der Waals surface area contributed by atoms with Crippen LogP contribution in [0.5, 0.6) is 0 Å². The second-order valence-corrected chi connectivity index (χ2v) is 10.9. The maximum Gasteiger partial charge on any atom is 0.274 e. The molecule has 6 nitrogen and oxygen atoms in total. The molecule has 0 aliphatic carbocycles. The van der Waals surface area contributed by atoms with E-state index in [0.717, 1.165) is 22.3 Å². The quantitative estimate of drug-likeness (QED) is 0.596. The van der Waals surface area contributed by atoms with E-state index < -0.39 is 32.3 Å². The van der Waals surface area contributed by atoms with Crippen LogP contribution in [0.15, 0.2) is 66.7 Å². The molecule has 0 saturated carbocycles. The second-order valence-electron chi connectivity index (χ2n) is 8.81. The number of rotatable bonds is 3. The van der Waals surface area contributed by atoms with Crippen LogP contribution in [0.2, 0.25) is 0 Å². The van der Waals surface area contributed by atoms with E-state index in [4.69, 9.17) is 0 Å². The fourth-order valence-corrected chi connectivity index (χ4v) is 6.92. The molecule has 0 unspecified atom stereocenters. The van der Waals surface area contributed by atoms with Crippen LogP contribution in [0.25, 0.3) is 0 Å². The van der Waals surface area contributed by atoms with Crippen LogP contribution in [-0.4, -0.2) is 26.0 Å². The zero-order valence-corrected chi connectivity index (χ0v) is 19.5. The number of anilines is 2. The van der Waals surface area contributed by atoms with E-state index in [1.54, 1.807) is 48.5 Å². The first-order valence-corrected chi connectivity index (χ1v) is 12.4. The number of nitrogens with zero attached hydrogens (tertiary/aromatic N) is 2. The number of carbonyl (C=O) groups is 2. The lowest BCUT2D eigenvalue weighted by Crippen LogP contribution is -2.54. The molecule has 2 aliphatic rings. The summed E-state index contributed by atoms with van der Waals surface area (Å²) in [7, 11) is -4.16. The fraction of sp³-hybridized carbons (Fsp3) is 0.231. The summed E-state index contributed by atoms with van der Waals surface area (Å²) in [4.78, 5) is 27.9. The number of sulfone groups is 1. The highest BCUT2D eigenvalue weighted by molar-refractivity contribution is 7.94. The molecule has 1 saturated heterocycles. The summed E-state index contributed by atoms with van der Waals surface area (Å²) in [6.07, 6.45) is 0. The molecule has 33 heavy (non-hydrogen) atoms. The van der Waals surface area contributed by atoms with Gasteiger partial charge in [-0.1, -0.05) is 59.7 Å². The highest BCUT2D eigenvalue weighted by Gasteiger charge is 2.69. The largest absolute Gasteiger partial charge is 0.304 e. The number of hydrogen-bond acceptors (Lipinski definition) is 4. The van der Waals surface area contributed by atoms with Gasteiger partial charge in [0.05, 0.1) is 12.2 Å². The second kappa shape index (κ2) is 7.28. The smallest absolute Gasteiger partial charge is 0.274 e. The maximum absolute atomic E-state index is 14.2. The van der Waals surface area contributed by atoms with Crippen molar-refractivity contribution in [3.8, 4) is 0 Å². The molecule has 3 aromatic carbocycles. The summed E-state index contributed by atoms with van der Waals surface area (Å²) < 4.78 is 27.3. The standard InChI is InChI=1S/C26H24N2O4S/c1-17-9-12-21(13-10-17)28-24(29)16-33(31,32)26(28)22-6-4-5-7-23(22)27(25(26)30)15-20-14-18(2)8-11-19(20)3/h4-14H,15-16H2,1-3H3/t26-/m0/s1. The van der Waals surface area contributed by atoms with Crippen LogP contribution in [-0.2, 0) is 30.8 Å². The molecular formula is C26H24N2O4S. The molecule has 1 fully saturated rings. The lowest BCUT2D eigenvalue weighted by molar-refractivity contribution is -0.123. The van der Waals surface area contributed by atoms with Crippen molar-refractivity contribution >= 4 is 33.0 Å². The van der Waals surface area contributed by atoms with Gasteiger partial charge in [0.2, 0.25) is 5.91 Å². The van der Waals surface area contributed by atoms with E-state index in [9.17, 15) is 18.0 Å². The molecule has 7 heteroatoms. The first-order chi connectivity index (χ1) is 15.7. The van der Waals surface area contributed by atoms with Gasteiger partial charge in [0.25, 0.3) is 10.8 Å². The minimum absolute atomic E-state index is 0.219. The van der Waals surface area contributed by atoms with Crippen LogP contribution in [0.3, 0.4) is 0 Å². The van der Waals surface area contributed by atoms with Crippen molar-refractivity contribution in [3.63, 3.8) is 0 Å². The van der Waals surface area contributed by atoms with E-state index in [1.165, 1.54) is 9.80 Å². The van der Waals surface area contributed by atoms with Crippen molar-refractivity contribution in [2.45, 2.75) is 32.2 Å². The zero-order valence-electron chi connectivity index (χ0n) is 18.7. The number of aryl methyl sites for hydroxylation is 3. The summed E-state index contributed by atoms with van der Waals surface area (Å²) >= 11 is 0. The Kier molecular flexibility index (Phi) is 4.72. The minimum Gasteiger partial charge on any atom is -0.304 e. The number of fused-ring (bicyclic) bond motifs is 2. The average Bonchev–Trinajstić information content (AvgIpc) is 3.14. The van der Waals surface area contributed by atoms with Crippen LogP contribution >= 0.6 is 0 Å². The normalized spacial score (nSPS) is 21.2. The third kappa shape index (κ3) is 2.95. The van der Waals surface area contributed by atoms with Crippen LogP contribution in [0.1, 0.15) is 27.8 Å². The Labute approximate surface area is 193 Å². The van der Waals surface area contributed by atoms with Gasteiger partial charge in [-0.3, -0.25) is 14.5 Å². The summed E-state index contributed by atoms with van der Waals surface area (Å²) in [5, 5.41) is 0. The van der Waals surface area contributed by atoms with Crippen molar-refractivity contribution < 1.29 is 18.0 Å². The predicted octanol–water partition coefficient (Wildman–Crippen LogP) is 3.77. The molecule has 0 N–H and O–H groups in total. The Morgan fingerprint density at radius 2 is 1.55 bits per heavy atom. The Morgan fingerprint density at radius 3 is 2.27 bits per heavy atom. The fourth-order valence-electron chi connectivity index (χ4n) is 4.88. The van der Waals surface area contributed by atoms with Gasteiger partial charge in [0.15, 0.2) is 9.84 Å². The van der Waals surface area contributed by atoms with Gasteiger partial charge in [0.1, 0.15) is 5.75 Å². The summed E-state index contributed by atoms with van der Waals surface area (Å²) in [6, 6.07) is 19.9. The van der Waals surface area contributed by atoms with E-state index in [2.05, 4.69) is 0 Å². The third-order valence-electron chi connectivity index (χ3n) is 6.55. The van der Waals surface area contributed by atoms with E-state index in [0.29, 0.717) is 16.9 Å². The molecular weight excluding hydrogens is 436 g/mol. The third-order valence-corrected chi connectivity index (χ3v) is 8.65. The summed E-state index contributed by atoms with van der Waals surface area (Å²) in [5.74, 6) is -1.93. The first-order valence-electron chi connectivity index (χ1n) is 10.8. The van der Waals surface area contributed by atoms with E-state index >= 15 is 0 Å². The number of hydrogen-bond donors (Lipinski definition) is 0. The van der Waals surface area contributed by atoms with Crippen molar-refractivity contribution in [2.24, 2.45) is 0 Å². The first kappa shape index (κ1) is 21.4. The molecule has 2 heterocycles. The van der Waals surface area contributed by atoms with Gasteiger partial charge >= 0.3 is 0 Å². The van der Waals surface area contributed by atoms with Gasteiger partial charge in [-0.25, -0.2) is 8.42 Å². The van der Waals surface area contributed by atoms with Gasteiger partial charge in [-0.2, -0.15) is 0 Å². The number of benzene rings is 3. The number of carbonyl (C=O) groups excluding carboxylic acids is 2. The highest BCUT2D eigenvalue weighted by atomic mass is 32.2. The SMILES string of the molecule is Cc1ccc(N2C(=O)CS(=O)(=O)[C@@]23C(=O)N(Cc2cc(C)ccc2C)c2ccccc23)cc1. The number of para-hydroxylation sites is 1. The maximum atomic E-state index is 14.2. The number of amides is 2. The minimum atomic E-state index is -4.16. The zero-order chi connectivity index (χ0) is 23.5. The van der Waals surface area contributed by atoms with Gasteiger partial charge in [0, 0.05) is 11.3 Å². The average molecular weight is 461 g/mol. The van der Waals surface area contributed by atoms with Crippen LogP contribution in [0, 0.1) is 20.8 Å². The topological polar surface area (TPSA) is 74.8 Å². The lowest BCUT2D eigenvalue weighted by atomic mass is 10.0. The van der Waals surface area contributed by atoms with Gasteiger partial charge in [-0.15, -0.1) is 0 Å². The van der Waals surface area contributed by atoms with Crippen molar-refractivity contribution in [1.29, 1.82) is 0 Å². The van der Waals surface area contributed by atoms with Gasteiger partial charge < -0.3 is 4.90 Å². The van der Waals surface area contributed by atoms with Crippen LogP contribution < -0.4 is 9.80 Å². The molecule has 1 atom stereocenters. The molecule has 3 aromatic rings. The molecule has 1 spiro atoms. The highest BCUT2D eigenvalue weighted by Crippen LogP contribution is 2.52. The monoisotopic (exact) mass is 460 g/mol. The van der Waals surface area contributed by atoms with Crippen molar-refractivity contribution in [3.05, 3.63) is 94.5 Å². The van der Waals surface area contributed by atoms with Crippen molar-refractivity contribution in [1.82, 2.24) is 0 Å².